The highest BCUT2D eigenvalue weighted by molar-refractivity contribution is 5.99. The number of hydrogen-bond acceptors (Lipinski definition) is 3. The lowest BCUT2D eigenvalue weighted by molar-refractivity contribution is -0.117. The van der Waals surface area contributed by atoms with Crippen LogP contribution in [-0.4, -0.2) is 35.6 Å². The highest BCUT2D eigenvalue weighted by Gasteiger charge is 2.30. The Labute approximate surface area is 164 Å². The lowest BCUT2D eigenvalue weighted by atomic mass is 9.88. The fourth-order valence-corrected chi connectivity index (χ4v) is 3.65. The van der Waals surface area contributed by atoms with Crippen LogP contribution in [0, 0.1) is 11.8 Å². The first-order valence-electron chi connectivity index (χ1n) is 9.91. The number of hydrogen-bond donors (Lipinski definition) is 1. The van der Waals surface area contributed by atoms with Gasteiger partial charge in [0.25, 0.3) is 5.91 Å². The van der Waals surface area contributed by atoms with Crippen molar-refractivity contribution in [3.8, 4) is 0 Å². The van der Waals surface area contributed by atoms with E-state index in [4.69, 9.17) is 0 Å². The molecule has 0 spiro atoms. The zero-order valence-electron chi connectivity index (χ0n) is 15.8. The third-order valence-electron chi connectivity index (χ3n) is 5.56. The zero-order chi connectivity index (χ0) is 19.5. The molecule has 1 N–H and O–H groups in total. The molecule has 0 radical (unpaired) electrons. The van der Waals surface area contributed by atoms with Crippen molar-refractivity contribution in [1.29, 1.82) is 0 Å². The van der Waals surface area contributed by atoms with Crippen LogP contribution in [0.25, 0.3) is 0 Å². The topological polar surface area (TPSA) is 66.5 Å². The number of ketones is 1. The van der Waals surface area contributed by atoms with Crippen molar-refractivity contribution in [2.45, 2.75) is 25.7 Å². The molecule has 2 aliphatic rings. The van der Waals surface area contributed by atoms with Gasteiger partial charge in [0.15, 0.2) is 5.78 Å². The highest BCUT2D eigenvalue weighted by atomic mass is 16.2. The SMILES string of the molecule is O=C(Nc1ccc(C(=O)N2CCC(C(=O)c3ccccc3)CC2)cc1)C1CC1. The summed E-state index contributed by atoms with van der Waals surface area (Å²) in [6.07, 6.45) is 3.31. The average Bonchev–Trinajstić information content (AvgIpc) is 3.60. The summed E-state index contributed by atoms with van der Waals surface area (Å²) in [6, 6.07) is 16.4. The van der Waals surface area contributed by atoms with Crippen molar-refractivity contribution in [2.75, 3.05) is 18.4 Å². The Kier molecular flexibility index (Phi) is 5.24. The number of rotatable bonds is 5. The number of likely N-dealkylation sites (tertiary alicyclic amines) is 1. The third kappa shape index (κ3) is 4.14. The van der Waals surface area contributed by atoms with E-state index in [-0.39, 0.29) is 29.4 Å². The van der Waals surface area contributed by atoms with Crippen molar-refractivity contribution >= 4 is 23.3 Å². The normalized spacial score (nSPS) is 17.2. The van der Waals surface area contributed by atoms with Crippen molar-refractivity contribution in [3.63, 3.8) is 0 Å². The molecule has 4 rings (SSSR count). The first kappa shape index (κ1) is 18.4. The molecule has 2 aromatic carbocycles. The zero-order valence-corrected chi connectivity index (χ0v) is 15.8. The van der Waals surface area contributed by atoms with Crippen LogP contribution in [0.15, 0.2) is 54.6 Å². The van der Waals surface area contributed by atoms with Crippen LogP contribution >= 0.6 is 0 Å². The van der Waals surface area contributed by atoms with Crippen molar-refractivity contribution in [3.05, 3.63) is 65.7 Å². The van der Waals surface area contributed by atoms with E-state index < -0.39 is 0 Å². The molecule has 5 nitrogen and oxygen atoms in total. The summed E-state index contributed by atoms with van der Waals surface area (Å²) >= 11 is 0. The van der Waals surface area contributed by atoms with E-state index in [9.17, 15) is 14.4 Å². The second-order valence-corrected chi connectivity index (χ2v) is 7.64. The number of piperidine rings is 1. The van der Waals surface area contributed by atoms with Gasteiger partial charge in [0.2, 0.25) is 5.91 Å². The van der Waals surface area contributed by atoms with Crippen molar-refractivity contribution < 1.29 is 14.4 Å². The van der Waals surface area contributed by atoms with Gasteiger partial charge < -0.3 is 10.2 Å². The fraction of sp³-hybridized carbons (Fsp3) is 0.348. The Balaban J connectivity index is 1.32. The molecule has 28 heavy (non-hydrogen) atoms. The van der Waals surface area contributed by atoms with E-state index in [0.717, 1.165) is 24.1 Å². The molecule has 0 unspecified atom stereocenters. The summed E-state index contributed by atoms with van der Waals surface area (Å²) in [4.78, 5) is 39.0. The number of carbonyl (C=O) groups is 3. The van der Waals surface area contributed by atoms with E-state index in [2.05, 4.69) is 5.32 Å². The van der Waals surface area contributed by atoms with Gasteiger partial charge in [0.1, 0.15) is 0 Å². The predicted molar refractivity (Wildman–Crippen MR) is 107 cm³/mol. The lowest BCUT2D eigenvalue weighted by Crippen LogP contribution is -2.40. The van der Waals surface area contributed by atoms with Gasteiger partial charge in [-0.05, 0) is 49.9 Å². The predicted octanol–water partition coefficient (Wildman–Crippen LogP) is 3.77. The molecule has 2 aromatic rings. The molecule has 2 amide bonds. The second kappa shape index (κ2) is 7.97. The van der Waals surface area contributed by atoms with Crippen LogP contribution in [0.3, 0.4) is 0 Å². The van der Waals surface area contributed by atoms with Gasteiger partial charge in [-0.25, -0.2) is 0 Å². The summed E-state index contributed by atoms with van der Waals surface area (Å²) in [7, 11) is 0. The van der Waals surface area contributed by atoms with Gasteiger partial charge in [-0.1, -0.05) is 30.3 Å². The van der Waals surface area contributed by atoms with E-state index >= 15 is 0 Å². The maximum atomic E-state index is 12.8. The van der Waals surface area contributed by atoms with Gasteiger partial charge in [-0.2, -0.15) is 0 Å². The maximum absolute atomic E-state index is 12.8. The molecule has 144 valence electrons. The van der Waals surface area contributed by atoms with Crippen LogP contribution in [0.5, 0.6) is 0 Å². The summed E-state index contributed by atoms with van der Waals surface area (Å²) in [6.45, 7) is 1.17. The van der Waals surface area contributed by atoms with Gasteiger partial charge in [-0.3, -0.25) is 14.4 Å². The Morgan fingerprint density at radius 3 is 2.00 bits per heavy atom. The minimum Gasteiger partial charge on any atom is -0.339 e. The Bertz CT molecular complexity index is 864. The Morgan fingerprint density at radius 2 is 1.39 bits per heavy atom. The summed E-state index contributed by atoms with van der Waals surface area (Å²) in [5.74, 6) is 0.339. The summed E-state index contributed by atoms with van der Waals surface area (Å²) in [5.41, 5.74) is 2.08. The maximum Gasteiger partial charge on any atom is 0.253 e. The Morgan fingerprint density at radius 1 is 0.750 bits per heavy atom. The summed E-state index contributed by atoms with van der Waals surface area (Å²) in [5, 5.41) is 2.88. The highest BCUT2D eigenvalue weighted by Crippen LogP contribution is 2.30. The first-order valence-corrected chi connectivity index (χ1v) is 9.91. The summed E-state index contributed by atoms with van der Waals surface area (Å²) < 4.78 is 0. The first-order chi connectivity index (χ1) is 13.6. The number of nitrogens with zero attached hydrogens (tertiary/aromatic N) is 1. The molecule has 1 aliphatic carbocycles. The molecule has 1 saturated carbocycles. The number of nitrogens with one attached hydrogen (secondary N) is 1. The van der Waals surface area contributed by atoms with Gasteiger partial charge in [0, 0.05) is 41.7 Å². The fourth-order valence-electron chi connectivity index (χ4n) is 3.65. The molecule has 5 heteroatoms. The van der Waals surface area contributed by atoms with E-state index in [1.54, 1.807) is 24.3 Å². The van der Waals surface area contributed by atoms with Crippen LogP contribution in [0.1, 0.15) is 46.4 Å². The largest absolute Gasteiger partial charge is 0.339 e. The van der Waals surface area contributed by atoms with E-state index in [1.165, 1.54) is 0 Å². The van der Waals surface area contributed by atoms with Crippen LogP contribution in [-0.2, 0) is 4.79 Å². The average molecular weight is 376 g/mol. The molecule has 1 aliphatic heterocycles. The quantitative estimate of drug-likeness (QED) is 0.808. The van der Waals surface area contributed by atoms with E-state index in [0.29, 0.717) is 31.5 Å². The van der Waals surface area contributed by atoms with Crippen LogP contribution in [0.2, 0.25) is 0 Å². The van der Waals surface area contributed by atoms with Crippen molar-refractivity contribution in [1.82, 2.24) is 4.90 Å². The number of benzene rings is 2. The minimum atomic E-state index is -0.0225. The number of carbonyl (C=O) groups excluding carboxylic acids is 3. The number of amides is 2. The number of anilines is 1. The Hall–Kier alpha value is -2.95. The van der Waals surface area contributed by atoms with Crippen molar-refractivity contribution in [2.24, 2.45) is 11.8 Å². The van der Waals surface area contributed by atoms with Gasteiger partial charge in [-0.15, -0.1) is 0 Å². The monoisotopic (exact) mass is 376 g/mol. The molecular formula is C23H24N2O3. The third-order valence-corrected chi connectivity index (χ3v) is 5.56. The molecule has 1 heterocycles. The molecule has 2 fully saturated rings. The number of Topliss-reactive ketones (excluding diaryl/α,β-unsaturated/α-hetero) is 1. The van der Waals surface area contributed by atoms with Gasteiger partial charge >= 0.3 is 0 Å². The molecule has 1 saturated heterocycles. The van der Waals surface area contributed by atoms with Crippen LogP contribution < -0.4 is 5.32 Å². The standard InChI is InChI=1S/C23H24N2O3/c26-21(16-4-2-1-3-5-16)17-12-14-25(15-13-17)23(28)19-8-10-20(11-9-19)24-22(27)18-6-7-18/h1-5,8-11,17-18H,6-7,12-15H2,(H,24,27). The second-order valence-electron chi connectivity index (χ2n) is 7.64. The van der Waals surface area contributed by atoms with Crippen LogP contribution in [0.4, 0.5) is 5.69 Å². The molecule has 0 bridgehead atoms. The molecule has 0 aromatic heterocycles. The smallest absolute Gasteiger partial charge is 0.253 e. The minimum absolute atomic E-state index is 0.0218. The van der Waals surface area contributed by atoms with E-state index in [1.807, 2.05) is 35.2 Å². The molecular weight excluding hydrogens is 352 g/mol. The lowest BCUT2D eigenvalue weighted by Gasteiger charge is -2.31. The van der Waals surface area contributed by atoms with Gasteiger partial charge in [0.05, 0.1) is 0 Å². The molecule has 0 atom stereocenters.